The van der Waals surface area contributed by atoms with Crippen molar-refractivity contribution < 1.29 is 19.1 Å². The predicted molar refractivity (Wildman–Crippen MR) is 155 cm³/mol. The molecule has 216 valence electrons. The Morgan fingerprint density at radius 1 is 0.389 bits per heavy atom. The SMILES string of the molecule is CCCCCCCCCCCC(=O)OCC.CCCCCCCCCCCC(=O)OCCCCCC. The van der Waals surface area contributed by atoms with Crippen LogP contribution >= 0.6 is 0 Å². The highest BCUT2D eigenvalue weighted by molar-refractivity contribution is 5.69. The minimum absolute atomic E-state index is 0.00412. The molecule has 0 bridgehead atoms. The largest absolute Gasteiger partial charge is 0.466 e. The molecule has 0 aromatic rings. The Morgan fingerprint density at radius 3 is 1.06 bits per heavy atom. The maximum Gasteiger partial charge on any atom is 0.305 e. The maximum atomic E-state index is 11.5. The first-order chi connectivity index (χ1) is 17.6. The van der Waals surface area contributed by atoms with Crippen LogP contribution in [-0.2, 0) is 19.1 Å². The lowest BCUT2D eigenvalue weighted by Crippen LogP contribution is -2.05. The average molecular weight is 513 g/mol. The van der Waals surface area contributed by atoms with Gasteiger partial charge in [0, 0.05) is 12.8 Å². The Hall–Kier alpha value is -1.06. The molecule has 4 heteroatoms. The second kappa shape index (κ2) is 33.9. The van der Waals surface area contributed by atoms with Crippen molar-refractivity contribution in [2.24, 2.45) is 0 Å². The van der Waals surface area contributed by atoms with Crippen molar-refractivity contribution in [3.8, 4) is 0 Å². The lowest BCUT2D eigenvalue weighted by atomic mass is 10.1. The van der Waals surface area contributed by atoms with Gasteiger partial charge in [0.2, 0.25) is 0 Å². The second-order valence-corrected chi connectivity index (χ2v) is 10.2. The highest BCUT2D eigenvalue weighted by atomic mass is 16.5. The molecule has 0 amide bonds. The molecule has 0 spiro atoms. The summed E-state index contributed by atoms with van der Waals surface area (Å²) in [5.41, 5.74) is 0. The summed E-state index contributed by atoms with van der Waals surface area (Å²) in [5.74, 6) is -0.0325. The van der Waals surface area contributed by atoms with E-state index >= 15 is 0 Å². The summed E-state index contributed by atoms with van der Waals surface area (Å²) in [4.78, 5) is 22.5. The van der Waals surface area contributed by atoms with Crippen LogP contribution in [0.25, 0.3) is 0 Å². The highest BCUT2D eigenvalue weighted by Gasteiger charge is 2.02. The molecule has 0 heterocycles. The quantitative estimate of drug-likeness (QED) is 0.0854. The van der Waals surface area contributed by atoms with Gasteiger partial charge in [-0.3, -0.25) is 9.59 Å². The van der Waals surface area contributed by atoms with Crippen LogP contribution in [0.15, 0.2) is 0 Å². The number of rotatable bonds is 26. The Balaban J connectivity index is 0. The van der Waals surface area contributed by atoms with Crippen molar-refractivity contribution in [3.05, 3.63) is 0 Å². The van der Waals surface area contributed by atoms with Crippen LogP contribution < -0.4 is 0 Å². The van der Waals surface area contributed by atoms with Crippen molar-refractivity contribution in [1.29, 1.82) is 0 Å². The minimum atomic E-state index is -0.0366. The molecule has 0 aliphatic heterocycles. The Bertz CT molecular complexity index is 436. The molecular formula is C32H64O4. The van der Waals surface area contributed by atoms with Gasteiger partial charge in [-0.1, -0.05) is 143 Å². The number of hydrogen-bond acceptors (Lipinski definition) is 4. The van der Waals surface area contributed by atoms with Gasteiger partial charge in [-0.05, 0) is 26.2 Å². The normalized spacial score (nSPS) is 10.6. The van der Waals surface area contributed by atoms with Crippen molar-refractivity contribution in [2.75, 3.05) is 13.2 Å². The molecule has 0 aliphatic carbocycles. The van der Waals surface area contributed by atoms with E-state index in [1.54, 1.807) is 0 Å². The van der Waals surface area contributed by atoms with Gasteiger partial charge in [-0.15, -0.1) is 0 Å². The molecule has 0 rings (SSSR count). The van der Waals surface area contributed by atoms with Gasteiger partial charge < -0.3 is 9.47 Å². The fourth-order valence-corrected chi connectivity index (χ4v) is 4.18. The number of hydrogen-bond donors (Lipinski definition) is 0. The number of carbonyl (C=O) groups is 2. The van der Waals surface area contributed by atoms with Crippen LogP contribution in [0.5, 0.6) is 0 Å². The number of carbonyl (C=O) groups excluding carboxylic acids is 2. The second-order valence-electron chi connectivity index (χ2n) is 10.2. The summed E-state index contributed by atoms with van der Waals surface area (Å²) < 4.78 is 10.1. The van der Waals surface area contributed by atoms with E-state index in [0.717, 1.165) is 19.3 Å². The van der Waals surface area contributed by atoms with Crippen LogP contribution in [0.3, 0.4) is 0 Å². The van der Waals surface area contributed by atoms with Crippen LogP contribution in [0.2, 0.25) is 0 Å². The van der Waals surface area contributed by atoms with Gasteiger partial charge in [0.05, 0.1) is 13.2 Å². The molecule has 0 unspecified atom stereocenters. The molecule has 0 atom stereocenters. The van der Waals surface area contributed by atoms with Gasteiger partial charge in [0.25, 0.3) is 0 Å². The highest BCUT2D eigenvalue weighted by Crippen LogP contribution is 2.12. The maximum absolute atomic E-state index is 11.5. The fourth-order valence-electron chi connectivity index (χ4n) is 4.18. The zero-order valence-electron chi connectivity index (χ0n) is 25.0. The average Bonchev–Trinajstić information content (AvgIpc) is 2.87. The summed E-state index contributed by atoms with van der Waals surface area (Å²) in [6, 6.07) is 0. The third-order valence-electron chi connectivity index (χ3n) is 6.54. The fraction of sp³-hybridized carbons (Fsp3) is 0.938. The zero-order chi connectivity index (χ0) is 27.0. The topological polar surface area (TPSA) is 52.6 Å². The van der Waals surface area contributed by atoms with E-state index in [2.05, 4.69) is 20.8 Å². The molecule has 0 fully saturated rings. The van der Waals surface area contributed by atoms with Gasteiger partial charge in [0.1, 0.15) is 0 Å². The molecule has 0 N–H and O–H groups in total. The zero-order valence-corrected chi connectivity index (χ0v) is 25.0. The third kappa shape index (κ3) is 35.1. The van der Waals surface area contributed by atoms with Crippen molar-refractivity contribution in [1.82, 2.24) is 0 Å². The van der Waals surface area contributed by atoms with E-state index in [-0.39, 0.29) is 11.9 Å². The molecule has 0 saturated heterocycles. The molecule has 0 saturated carbocycles. The van der Waals surface area contributed by atoms with E-state index in [1.165, 1.54) is 122 Å². The van der Waals surface area contributed by atoms with Gasteiger partial charge in [0.15, 0.2) is 0 Å². The van der Waals surface area contributed by atoms with Crippen LogP contribution in [0.4, 0.5) is 0 Å². The first-order valence-corrected chi connectivity index (χ1v) is 15.9. The van der Waals surface area contributed by atoms with Crippen LogP contribution in [0, 0.1) is 0 Å². The molecule has 0 aromatic heterocycles. The molecule has 4 nitrogen and oxygen atoms in total. The standard InChI is InChI=1S/C18H36O2.C14H28O2/c1-3-5-7-9-10-11-12-13-14-16-18(19)20-17-15-8-6-4-2;1-3-5-6-7-8-9-10-11-12-13-14(15)16-4-2/h3-17H2,1-2H3;3-13H2,1-2H3. The summed E-state index contributed by atoms with van der Waals surface area (Å²) in [7, 11) is 0. The minimum Gasteiger partial charge on any atom is -0.466 e. The van der Waals surface area contributed by atoms with Crippen LogP contribution in [0.1, 0.15) is 182 Å². The summed E-state index contributed by atoms with van der Waals surface area (Å²) in [6.07, 6.45) is 29.1. The van der Waals surface area contributed by atoms with E-state index < -0.39 is 0 Å². The molecule has 0 aliphatic rings. The number of unbranched alkanes of at least 4 members (excludes halogenated alkanes) is 19. The summed E-state index contributed by atoms with van der Waals surface area (Å²) >= 11 is 0. The Morgan fingerprint density at radius 2 is 0.694 bits per heavy atom. The van der Waals surface area contributed by atoms with E-state index in [0.29, 0.717) is 26.1 Å². The molecule has 0 aromatic carbocycles. The van der Waals surface area contributed by atoms with Gasteiger partial charge >= 0.3 is 11.9 Å². The van der Waals surface area contributed by atoms with Crippen molar-refractivity contribution in [3.63, 3.8) is 0 Å². The molecular weight excluding hydrogens is 448 g/mol. The van der Waals surface area contributed by atoms with E-state index in [1.807, 2.05) is 6.92 Å². The molecule has 36 heavy (non-hydrogen) atoms. The Labute approximate surface area is 226 Å². The van der Waals surface area contributed by atoms with Gasteiger partial charge in [-0.25, -0.2) is 0 Å². The first-order valence-electron chi connectivity index (χ1n) is 15.9. The summed E-state index contributed by atoms with van der Waals surface area (Å²) in [6.45, 7) is 9.68. The monoisotopic (exact) mass is 512 g/mol. The first kappa shape index (κ1) is 37.1. The summed E-state index contributed by atoms with van der Waals surface area (Å²) in [5, 5.41) is 0. The van der Waals surface area contributed by atoms with Gasteiger partial charge in [-0.2, -0.15) is 0 Å². The van der Waals surface area contributed by atoms with E-state index in [4.69, 9.17) is 9.47 Å². The predicted octanol–water partition coefficient (Wildman–Crippen LogP) is 10.5. The smallest absolute Gasteiger partial charge is 0.305 e. The Kier molecular flexibility index (Phi) is 35.0. The van der Waals surface area contributed by atoms with Crippen molar-refractivity contribution >= 4 is 11.9 Å². The number of ether oxygens (including phenoxy) is 2. The number of esters is 2. The van der Waals surface area contributed by atoms with Crippen molar-refractivity contribution in [2.45, 2.75) is 182 Å². The lowest BCUT2D eigenvalue weighted by Gasteiger charge is -2.05. The van der Waals surface area contributed by atoms with E-state index in [9.17, 15) is 9.59 Å². The van der Waals surface area contributed by atoms with Crippen LogP contribution in [-0.4, -0.2) is 25.2 Å². The lowest BCUT2D eigenvalue weighted by molar-refractivity contribution is -0.144. The third-order valence-corrected chi connectivity index (χ3v) is 6.54. The molecule has 0 radical (unpaired) electrons.